The third-order valence-electron chi connectivity index (χ3n) is 8.83. The zero-order valence-corrected chi connectivity index (χ0v) is 17.6. The van der Waals surface area contributed by atoms with Crippen LogP contribution in [0, 0.1) is 34.5 Å². The number of allylic oxidation sites excluding steroid dienone is 2. The first-order valence-corrected chi connectivity index (χ1v) is 11.3. The fraction of sp³-hybridized carbons (Fsp3) is 0.864. The zero-order valence-electron chi connectivity index (χ0n) is 16.0. The van der Waals surface area contributed by atoms with Crippen molar-refractivity contribution in [2.45, 2.75) is 77.7 Å². The molecule has 3 heteroatoms. The van der Waals surface area contributed by atoms with Gasteiger partial charge in [0.2, 0.25) is 0 Å². The van der Waals surface area contributed by atoms with Crippen LogP contribution in [0.4, 0.5) is 0 Å². The molecule has 140 valence electrons. The molecule has 0 aliphatic heterocycles. The molecular weight excluding hydrogens is 376 g/mol. The highest BCUT2D eigenvalue weighted by atomic mass is 79.9. The predicted molar refractivity (Wildman–Crippen MR) is 105 cm³/mol. The molecule has 0 aromatic rings. The number of rotatable bonds is 2. The zero-order chi connectivity index (χ0) is 18.0. The van der Waals surface area contributed by atoms with E-state index in [-0.39, 0.29) is 16.7 Å². The molecule has 0 unspecified atom stereocenters. The predicted octanol–water partition coefficient (Wildman–Crippen LogP) is 5.28. The second kappa shape index (κ2) is 5.92. The molecule has 0 saturated heterocycles. The van der Waals surface area contributed by atoms with E-state index >= 15 is 0 Å². The van der Waals surface area contributed by atoms with E-state index in [9.17, 15) is 9.90 Å². The average Bonchev–Trinajstić information content (AvgIpc) is 2.92. The van der Waals surface area contributed by atoms with Gasteiger partial charge in [0.25, 0.3) is 0 Å². The Hall–Kier alpha value is -0.150. The van der Waals surface area contributed by atoms with E-state index in [0.717, 1.165) is 32.1 Å². The monoisotopic (exact) mass is 408 g/mol. The summed E-state index contributed by atoms with van der Waals surface area (Å²) in [4.78, 5) is 12.5. The molecule has 4 aliphatic carbocycles. The molecule has 4 rings (SSSR count). The fourth-order valence-electron chi connectivity index (χ4n) is 7.32. The summed E-state index contributed by atoms with van der Waals surface area (Å²) in [5, 5.41) is 11.1. The number of hydrogen-bond donors (Lipinski definition) is 1. The van der Waals surface area contributed by atoms with Gasteiger partial charge in [-0.25, -0.2) is 0 Å². The molecule has 7 atom stereocenters. The first-order valence-electron chi connectivity index (χ1n) is 10.2. The maximum Gasteiger partial charge on any atom is 0.147 e. The van der Waals surface area contributed by atoms with Gasteiger partial charge < -0.3 is 5.11 Å². The van der Waals surface area contributed by atoms with E-state index in [1.807, 2.05) is 6.92 Å². The molecular formula is C22H33BrO2. The topological polar surface area (TPSA) is 37.3 Å². The summed E-state index contributed by atoms with van der Waals surface area (Å²) < 4.78 is 0. The van der Waals surface area contributed by atoms with Crippen LogP contribution in [0.3, 0.4) is 0 Å². The maximum absolute atomic E-state index is 12.5. The minimum Gasteiger partial charge on any atom is -0.390 e. The Kier molecular flexibility index (Phi) is 4.32. The lowest BCUT2D eigenvalue weighted by Crippen LogP contribution is -2.51. The molecule has 0 spiro atoms. The molecule has 0 heterocycles. The summed E-state index contributed by atoms with van der Waals surface area (Å²) in [6.45, 7) is 6.89. The number of aliphatic hydroxyl groups is 1. The van der Waals surface area contributed by atoms with Crippen LogP contribution < -0.4 is 0 Å². The van der Waals surface area contributed by atoms with Gasteiger partial charge in [0.05, 0.1) is 10.9 Å². The normalized spacial score (nSPS) is 52.0. The summed E-state index contributed by atoms with van der Waals surface area (Å²) in [6, 6.07) is 0. The van der Waals surface area contributed by atoms with Crippen LogP contribution in [0.15, 0.2) is 11.6 Å². The lowest BCUT2D eigenvalue weighted by atomic mass is 9.47. The van der Waals surface area contributed by atoms with Crippen LogP contribution in [-0.4, -0.2) is 21.8 Å². The highest BCUT2D eigenvalue weighted by molar-refractivity contribution is 9.09. The molecule has 0 aromatic carbocycles. The standard InChI is InChI=1S/C22H33BrO2/c1-20(25)10-11-21(2)14(12-20)4-5-15-16-6-7-18(19(24)13-23)22(16,3)9-8-17(15)21/h8,14-16,18,25H,4-7,9-13H2,1-3H3/t14-,15-,16-,18+,20+,21-,22-/m0/s1. The van der Waals surface area contributed by atoms with Crippen molar-refractivity contribution in [1.29, 1.82) is 0 Å². The van der Waals surface area contributed by atoms with Gasteiger partial charge in [0, 0.05) is 5.92 Å². The lowest BCUT2D eigenvalue weighted by Gasteiger charge is -2.58. The third kappa shape index (κ3) is 2.63. The van der Waals surface area contributed by atoms with Crippen molar-refractivity contribution in [3.05, 3.63) is 11.6 Å². The first-order chi connectivity index (χ1) is 11.7. The van der Waals surface area contributed by atoms with Gasteiger partial charge in [-0.3, -0.25) is 4.79 Å². The van der Waals surface area contributed by atoms with E-state index in [4.69, 9.17) is 0 Å². The molecule has 4 aliphatic rings. The lowest BCUT2D eigenvalue weighted by molar-refractivity contribution is -0.124. The van der Waals surface area contributed by atoms with Crippen LogP contribution >= 0.6 is 15.9 Å². The first kappa shape index (κ1) is 18.2. The molecule has 0 aromatic heterocycles. The Morgan fingerprint density at radius 1 is 1.20 bits per heavy atom. The van der Waals surface area contributed by atoms with Gasteiger partial charge in [-0.05, 0) is 86.9 Å². The van der Waals surface area contributed by atoms with Gasteiger partial charge in [0.1, 0.15) is 5.78 Å². The molecule has 0 bridgehead atoms. The summed E-state index contributed by atoms with van der Waals surface area (Å²) in [6.07, 6.45) is 11.4. The van der Waals surface area contributed by atoms with Gasteiger partial charge in [-0.15, -0.1) is 0 Å². The van der Waals surface area contributed by atoms with Crippen LogP contribution in [0.5, 0.6) is 0 Å². The highest BCUT2D eigenvalue weighted by Gasteiger charge is 2.58. The minimum atomic E-state index is -0.471. The van der Waals surface area contributed by atoms with Crippen molar-refractivity contribution < 1.29 is 9.90 Å². The van der Waals surface area contributed by atoms with Gasteiger partial charge in [-0.1, -0.05) is 41.4 Å². The number of hydrogen-bond acceptors (Lipinski definition) is 2. The summed E-state index contributed by atoms with van der Waals surface area (Å²) >= 11 is 3.41. The van der Waals surface area contributed by atoms with Crippen LogP contribution in [0.25, 0.3) is 0 Å². The smallest absolute Gasteiger partial charge is 0.147 e. The van der Waals surface area contributed by atoms with E-state index in [2.05, 4.69) is 35.9 Å². The average molecular weight is 409 g/mol. The number of carbonyl (C=O) groups is 1. The number of fused-ring (bicyclic) bond motifs is 5. The number of alkyl halides is 1. The van der Waals surface area contributed by atoms with Gasteiger partial charge >= 0.3 is 0 Å². The Bertz CT molecular complexity index is 609. The van der Waals surface area contributed by atoms with Crippen LogP contribution in [0.1, 0.15) is 72.1 Å². The SMILES string of the molecule is C[C@@]1(O)CC[C@]2(C)C3=CC[C@]4(C)[C@@H](C(=O)CBr)CC[C@H]4[C@@H]3CC[C@H]2C1. The van der Waals surface area contributed by atoms with Crippen molar-refractivity contribution in [1.82, 2.24) is 0 Å². The van der Waals surface area contributed by atoms with Gasteiger partial charge in [0.15, 0.2) is 0 Å². The van der Waals surface area contributed by atoms with Crippen LogP contribution in [-0.2, 0) is 4.79 Å². The fourth-order valence-corrected chi connectivity index (χ4v) is 7.72. The summed E-state index contributed by atoms with van der Waals surface area (Å²) in [5.41, 5.74) is 1.68. The Labute approximate surface area is 161 Å². The van der Waals surface area contributed by atoms with E-state index < -0.39 is 5.60 Å². The van der Waals surface area contributed by atoms with Crippen molar-refractivity contribution in [2.24, 2.45) is 34.5 Å². The van der Waals surface area contributed by atoms with E-state index in [0.29, 0.717) is 28.9 Å². The van der Waals surface area contributed by atoms with Crippen molar-refractivity contribution in [3.8, 4) is 0 Å². The molecule has 2 nitrogen and oxygen atoms in total. The second-order valence-corrected chi connectivity index (χ2v) is 10.8. The largest absolute Gasteiger partial charge is 0.390 e. The molecule has 0 amide bonds. The Morgan fingerprint density at radius 3 is 2.68 bits per heavy atom. The van der Waals surface area contributed by atoms with E-state index in [1.165, 1.54) is 19.3 Å². The number of Topliss-reactive ketones (excluding diaryl/α,β-unsaturated/α-hetero) is 1. The van der Waals surface area contributed by atoms with Crippen molar-refractivity contribution in [2.75, 3.05) is 5.33 Å². The quantitative estimate of drug-likeness (QED) is 0.498. The molecule has 1 N–H and O–H groups in total. The Morgan fingerprint density at radius 2 is 1.96 bits per heavy atom. The second-order valence-electron chi connectivity index (χ2n) is 10.2. The minimum absolute atomic E-state index is 0.169. The van der Waals surface area contributed by atoms with E-state index in [1.54, 1.807) is 5.57 Å². The molecule has 0 radical (unpaired) electrons. The maximum atomic E-state index is 12.5. The third-order valence-corrected chi connectivity index (χ3v) is 9.39. The highest BCUT2D eigenvalue weighted by Crippen LogP contribution is 2.66. The van der Waals surface area contributed by atoms with Crippen LogP contribution in [0.2, 0.25) is 0 Å². The molecule has 25 heavy (non-hydrogen) atoms. The molecule has 3 saturated carbocycles. The number of carbonyl (C=O) groups excluding carboxylic acids is 1. The summed E-state index contributed by atoms with van der Waals surface area (Å²) in [7, 11) is 0. The Balaban J connectivity index is 1.66. The van der Waals surface area contributed by atoms with Crippen molar-refractivity contribution >= 4 is 21.7 Å². The van der Waals surface area contributed by atoms with Gasteiger partial charge in [-0.2, -0.15) is 0 Å². The molecule has 3 fully saturated rings. The number of halogens is 1. The number of ketones is 1. The summed E-state index contributed by atoms with van der Waals surface area (Å²) in [5.74, 6) is 2.64. The van der Waals surface area contributed by atoms with Crippen molar-refractivity contribution in [3.63, 3.8) is 0 Å².